The van der Waals surface area contributed by atoms with Crippen molar-refractivity contribution in [3.05, 3.63) is 29.0 Å². The first-order valence-corrected chi connectivity index (χ1v) is 5.48. The van der Waals surface area contributed by atoms with Gasteiger partial charge in [-0.3, -0.25) is 4.79 Å². The maximum atomic E-state index is 13.1. The predicted octanol–water partition coefficient (Wildman–Crippen LogP) is 3.36. The largest absolute Gasteiger partial charge is 0.325 e. The average Bonchev–Trinajstić information content (AvgIpc) is 2.32. The summed E-state index contributed by atoms with van der Waals surface area (Å²) < 4.78 is 13.1. The molecule has 0 saturated heterocycles. The zero-order valence-electron chi connectivity index (χ0n) is 9.55. The zero-order chi connectivity index (χ0) is 13.1. The molecule has 0 aliphatic rings. The van der Waals surface area contributed by atoms with E-state index < -0.39 is 17.1 Å². The van der Waals surface area contributed by atoms with Gasteiger partial charge >= 0.3 is 0 Å². The molecule has 1 aromatic carbocycles. The van der Waals surface area contributed by atoms with Gasteiger partial charge in [-0.2, -0.15) is 5.26 Å². The molecule has 0 spiro atoms. The van der Waals surface area contributed by atoms with Crippen LogP contribution in [0.4, 0.5) is 10.1 Å². The van der Waals surface area contributed by atoms with Gasteiger partial charge < -0.3 is 5.32 Å². The number of halogens is 2. The van der Waals surface area contributed by atoms with Crippen molar-refractivity contribution in [3.63, 3.8) is 0 Å². The maximum absolute atomic E-state index is 13.1. The number of hydrogen-bond acceptors (Lipinski definition) is 2. The summed E-state index contributed by atoms with van der Waals surface area (Å²) in [5.41, 5.74) is -0.831. The van der Waals surface area contributed by atoms with E-state index >= 15 is 0 Å². The van der Waals surface area contributed by atoms with Crippen molar-refractivity contribution < 1.29 is 9.18 Å². The Balaban J connectivity index is 2.89. The van der Waals surface area contributed by atoms with Crippen molar-refractivity contribution in [2.75, 3.05) is 5.32 Å². The molecule has 0 fully saturated rings. The van der Waals surface area contributed by atoms with E-state index in [1.807, 2.05) is 6.07 Å². The van der Waals surface area contributed by atoms with Gasteiger partial charge in [0.25, 0.3) is 0 Å². The number of carbonyl (C=O) groups excluding carboxylic acids is 1. The summed E-state index contributed by atoms with van der Waals surface area (Å²) in [6.07, 6.45) is 0.380. The minimum Gasteiger partial charge on any atom is -0.325 e. The monoisotopic (exact) mass is 254 g/mol. The minimum atomic E-state index is -1.11. The van der Waals surface area contributed by atoms with Crippen LogP contribution < -0.4 is 5.32 Å². The van der Waals surface area contributed by atoms with Crippen LogP contribution in [0.2, 0.25) is 5.02 Å². The quantitative estimate of drug-likeness (QED) is 0.899. The highest BCUT2D eigenvalue weighted by molar-refractivity contribution is 6.30. The summed E-state index contributed by atoms with van der Waals surface area (Å²) in [4.78, 5) is 11.8. The average molecular weight is 255 g/mol. The van der Waals surface area contributed by atoms with Crippen molar-refractivity contribution in [1.29, 1.82) is 5.26 Å². The first-order chi connectivity index (χ1) is 7.92. The van der Waals surface area contributed by atoms with Gasteiger partial charge in [-0.05, 0) is 31.5 Å². The number of nitrogens with zero attached hydrogens (tertiary/aromatic N) is 1. The lowest BCUT2D eigenvalue weighted by molar-refractivity contribution is -0.122. The van der Waals surface area contributed by atoms with Gasteiger partial charge in [0, 0.05) is 5.69 Å². The van der Waals surface area contributed by atoms with Gasteiger partial charge in [0.1, 0.15) is 11.2 Å². The first kappa shape index (κ1) is 13.5. The predicted molar refractivity (Wildman–Crippen MR) is 64.1 cm³/mol. The third kappa shape index (κ3) is 2.95. The normalized spacial score (nSPS) is 13.6. The third-order valence-corrected chi connectivity index (χ3v) is 2.94. The van der Waals surface area contributed by atoms with Gasteiger partial charge in [-0.1, -0.05) is 18.5 Å². The Morgan fingerprint density at radius 3 is 2.76 bits per heavy atom. The lowest BCUT2D eigenvalue weighted by Gasteiger charge is -2.18. The number of nitriles is 1. The summed E-state index contributed by atoms with van der Waals surface area (Å²) in [6, 6.07) is 5.89. The molecule has 0 saturated carbocycles. The molecule has 0 aromatic heterocycles. The Morgan fingerprint density at radius 2 is 2.29 bits per heavy atom. The summed E-state index contributed by atoms with van der Waals surface area (Å²) >= 11 is 5.52. The molecule has 90 valence electrons. The van der Waals surface area contributed by atoms with Gasteiger partial charge in [0.15, 0.2) is 0 Å². The maximum Gasteiger partial charge on any atom is 0.244 e. The number of amides is 1. The summed E-state index contributed by atoms with van der Waals surface area (Å²) in [7, 11) is 0. The molecule has 0 aliphatic carbocycles. The molecular weight excluding hydrogens is 243 g/mol. The smallest absolute Gasteiger partial charge is 0.244 e. The Kier molecular flexibility index (Phi) is 4.08. The second kappa shape index (κ2) is 5.15. The van der Waals surface area contributed by atoms with Gasteiger partial charge in [-0.15, -0.1) is 0 Å². The van der Waals surface area contributed by atoms with E-state index in [-0.39, 0.29) is 10.7 Å². The number of nitrogens with one attached hydrogen (secondary N) is 1. The molecule has 0 aliphatic heterocycles. The fraction of sp³-hybridized carbons (Fsp3) is 0.333. The molecule has 1 aromatic rings. The molecule has 1 rings (SSSR count). The second-order valence-corrected chi connectivity index (χ2v) is 4.29. The molecule has 0 heterocycles. The van der Waals surface area contributed by atoms with Crippen molar-refractivity contribution in [2.45, 2.75) is 20.3 Å². The number of benzene rings is 1. The van der Waals surface area contributed by atoms with E-state index in [9.17, 15) is 9.18 Å². The molecule has 1 amide bonds. The van der Waals surface area contributed by atoms with Crippen LogP contribution in [0.15, 0.2) is 18.2 Å². The zero-order valence-corrected chi connectivity index (χ0v) is 10.3. The van der Waals surface area contributed by atoms with Crippen LogP contribution in [0, 0.1) is 22.6 Å². The third-order valence-electron chi connectivity index (χ3n) is 2.63. The number of rotatable bonds is 3. The molecule has 0 bridgehead atoms. The summed E-state index contributed by atoms with van der Waals surface area (Å²) in [5.74, 6) is -1.07. The van der Waals surface area contributed by atoms with Gasteiger partial charge in [0.2, 0.25) is 5.91 Å². The topological polar surface area (TPSA) is 52.9 Å². The molecule has 1 unspecified atom stereocenters. The van der Waals surface area contributed by atoms with E-state index in [2.05, 4.69) is 5.32 Å². The number of anilines is 1. The van der Waals surface area contributed by atoms with Crippen molar-refractivity contribution >= 4 is 23.2 Å². The van der Waals surface area contributed by atoms with E-state index in [0.29, 0.717) is 6.42 Å². The van der Waals surface area contributed by atoms with E-state index in [1.165, 1.54) is 19.1 Å². The lowest BCUT2D eigenvalue weighted by atomic mass is 9.88. The molecule has 0 radical (unpaired) electrons. The van der Waals surface area contributed by atoms with Crippen LogP contribution in [0.1, 0.15) is 20.3 Å². The fourth-order valence-corrected chi connectivity index (χ4v) is 1.25. The molecule has 1 N–H and O–H groups in total. The molecule has 3 nitrogen and oxygen atoms in total. The van der Waals surface area contributed by atoms with Crippen LogP contribution in [0.3, 0.4) is 0 Å². The van der Waals surface area contributed by atoms with Gasteiger partial charge in [-0.25, -0.2) is 4.39 Å². The van der Waals surface area contributed by atoms with Crippen molar-refractivity contribution in [2.24, 2.45) is 5.41 Å². The number of hydrogen-bond donors (Lipinski definition) is 1. The Hall–Kier alpha value is -1.60. The second-order valence-electron chi connectivity index (χ2n) is 3.88. The Bertz CT molecular complexity index is 484. The SMILES string of the molecule is CCC(C)(C#N)C(=O)Nc1ccc(Cl)c(F)c1. The first-order valence-electron chi connectivity index (χ1n) is 5.10. The van der Waals surface area contributed by atoms with E-state index in [4.69, 9.17) is 16.9 Å². The van der Waals surface area contributed by atoms with E-state index in [0.717, 1.165) is 6.07 Å². The number of carbonyl (C=O) groups is 1. The van der Waals surface area contributed by atoms with Crippen LogP contribution in [-0.4, -0.2) is 5.91 Å². The van der Waals surface area contributed by atoms with Crippen LogP contribution in [-0.2, 0) is 4.79 Å². The van der Waals surface area contributed by atoms with Crippen LogP contribution in [0.5, 0.6) is 0 Å². The fourth-order valence-electron chi connectivity index (χ4n) is 1.13. The summed E-state index contributed by atoms with van der Waals surface area (Å²) in [5, 5.41) is 11.4. The molecule has 1 atom stereocenters. The highest BCUT2D eigenvalue weighted by Gasteiger charge is 2.31. The Morgan fingerprint density at radius 1 is 1.65 bits per heavy atom. The standard InChI is InChI=1S/C12H12ClFN2O/c1-3-12(2,7-15)11(17)16-8-4-5-9(13)10(14)6-8/h4-6H,3H2,1-2H3,(H,16,17). The van der Waals surface area contributed by atoms with Crippen molar-refractivity contribution in [1.82, 2.24) is 0 Å². The molecule has 5 heteroatoms. The molecule has 17 heavy (non-hydrogen) atoms. The van der Waals surface area contributed by atoms with Crippen molar-refractivity contribution in [3.8, 4) is 6.07 Å². The summed E-state index contributed by atoms with van der Waals surface area (Å²) in [6.45, 7) is 3.28. The van der Waals surface area contributed by atoms with E-state index in [1.54, 1.807) is 6.92 Å². The van der Waals surface area contributed by atoms with Crippen LogP contribution >= 0.6 is 11.6 Å². The highest BCUT2D eigenvalue weighted by atomic mass is 35.5. The minimum absolute atomic E-state index is 0.0125. The lowest BCUT2D eigenvalue weighted by Crippen LogP contribution is -2.31. The highest BCUT2D eigenvalue weighted by Crippen LogP contribution is 2.24. The van der Waals surface area contributed by atoms with Crippen LogP contribution in [0.25, 0.3) is 0 Å². The molecular formula is C12H12ClFN2O. The van der Waals surface area contributed by atoms with Gasteiger partial charge in [0.05, 0.1) is 11.1 Å². The Labute approximate surface area is 104 Å².